The van der Waals surface area contributed by atoms with E-state index in [2.05, 4.69) is 15.9 Å². The number of halogens is 3. The van der Waals surface area contributed by atoms with Crippen LogP contribution in [-0.2, 0) is 0 Å². The number of hydrogen-bond acceptors (Lipinski definition) is 1. The largest absolute Gasteiger partial charge is 0.336 e. The Bertz CT molecular complexity index is 466. The molecule has 2 rings (SSSR count). The monoisotopic (exact) mass is 319 g/mol. The summed E-state index contributed by atoms with van der Waals surface area (Å²) in [6, 6.07) is 2.79. The fourth-order valence-electron chi connectivity index (χ4n) is 2.08. The van der Waals surface area contributed by atoms with E-state index >= 15 is 0 Å². The van der Waals surface area contributed by atoms with E-state index in [1.54, 1.807) is 4.90 Å². The molecule has 1 aliphatic rings. The van der Waals surface area contributed by atoms with Crippen molar-refractivity contribution in [2.75, 3.05) is 6.54 Å². The summed E-state index contributed by atoms with van der Waals surface area (Å²) in [6.07, 6.45) is 1.95. The van der Waals surface area contributed by atoms with Crippen LogP contribution in [-0.4, -0.2) is 23.4 Å². The molecule has 0 aliphatic carbocycles. The molecule has 17 heavy (non-hydrogen) atoms. The van der Waals surface area contributed by atoms with Crippen molar-refractivity contribution in [1.82, 2.24) is 4.90 Å². The summed E-state index contributed by atoms with van der Waals surface area (Å²) in [5, 5.41) is 0.272. The Balaban J connectivity index is 2.34. The molecule has 1 heterocycles. The third-order valence-corrected chi connectivity index (χ3v) is 4.25. The maximum absolute atomic E-state index is 13.7. The number of benzene rings is 1. The minimum Gasteiger partial charge on any atom is -0.336 e. The highest BCUT2D eigenvalue weighted by Gasteiger charge is 2.28. The van der Waals surface area contributed by atoms with Gasteiger partial charge >= 0.3 is 0 Å². The van der Waals surface area contributed by atoms with Crippen LogP contribution < -0.4 is 0 Å². The SMILES string of the molecule is CC1CCCN1C(=O)c1cc(Br)c(Cl)cc1F. The normalized spacial score (nSPS) is 19.8. The predicted octanol–water partition coefficient (Wildman–Crippen LogP) is 3.87. The zero-order valence-electron chi connectivity index (χ0n) is 9.34. The molecule has 0 saturated carbocycles. The van der Waals surface area contributed by atoms with Gasteiger partial charge in [0.2, 0.25) is 0 Å². The van der Waals surface area contributed by atoms with Gasteiger partial charge in [0.05, 0.1) is 10.6 Å². The Morgan fingerprint density at radius 2 is 2.29 bits per heavy atom. The van der Waals surface area contributed by atoms with Crippen LogP contribution in [0.15, 0.2) is 16.6 Å². The van der Waals surface area contributed by atoms with Crippen molar-refractivity contribution in [2.24, 2.45) is 0 Å². The van der Waals surface area contributed by atoms with Gasteiger partial charge in [-0.05, 0) is 47.8 Å². The maximum atomic E-state index is 13.7. The number of rotatable bonds is 1. The fourth-order valence-corrected chi connectivity index (χ4v) is 2.57. The van der Waals surface area contributed by atoms with Gasteiger partial charge in [0, 0.05) is 17.1 Å². The van der Waals surface area contributed by atoms with Crippen LogP contribution in [0.25, 0.3) is 0 Å². The summed E-state index contributed by atoms with van der Waals surface area (Å²) < 4.78 is 14.2. The number of carbonyl (C=O) groups is 1. The van der Waals surface area contributed by atoms with E-state index in [0.717, 1.165) is 12.8 Å². The Morgan fingerprint density at radius 3 is 2.88 bits per heavy atom. The number of hydrogen-bond donors (Lipinski definition) is 0. The topological polar surface area (TPSA) is 20.3 Å². The first-order valence-corrected chi connectivity index (χ1v) is 6.63. The molecular formula is C12H12BrClFNO. The minimum absolute atomic E-state index is 0.0787. The Kier molecular flexibility index (Phi) is 3.73. The van der Waals surface area contributed by atoms with Crippen LogP contribution in [0.4, 0.5) is 4.39 Å². The molecule has 2 nitrogen and oxygen atoms in total. The molecular weight excluding hydrogens is 308 g/mol. The van der Waals surface area contributed by atoms with Crippen molar-refractivity contribution in [1.29, 1.82) is 0 Å². The van der Waals surface area contributed by atoms with Gasteiger partial charge in [-0.2, -0.15) is 0 Å². The Labute approximate surface area is 113 Å². The molecule has 1 amide bonds. The van der Waals surface area contributed by atoms with Crippen molar-refractivity contribution >= 4 is 33.4 Å². The zero-order chi connectivity index (χ0) is 12.6. The first-order valence-electron chi connectivity index (χ1n) is 5.46. The van der Waals surface area contributed by atoms with Gasteiger partial charge in [0.1, 0.15) is 5.82 Å². The summed E-state index contributed by atoms with van der Waals surface area (Å²) in [5.41, 5.74) is 0.0787. The molecule has 92 valence electrons. The summed E-state index contributed by atoms with van der Waals surface area (Å²) in [4.78, 5) is 13.9. The van der Waals surface area contributed by atoms with E-state index in [1.807, 2.05) is 6.92 Å². The average molecular weight is 321 g/mol. The Morgan fingerprint density at radius 1 is 1.59 bits per heavy atom. The second kappa shape index (κ2) is 4.94. The molecule has 5 heteroatoms. The molecule has 0 radical (unpaired) electrons. The molecule has 1 aromatic carbocycles. The van der Waals surface area contributed by atoms with Gasteiger partial charge in [-0.15, -0.1) is 0 Å². The number of likely N-dealkylation sites (tertiary alicyclic amines) is 1. The summed E-state index contributed by atoms with van der Waals surface area (Å²) in [5.74, 6) is -0.827. The van der Waals surface area contributed by atoms with Crippen molar-refractivity contribution in [3.05, 3.63) is 33.0 Å². The van der Waals surface area contributed by atoms with E-state index in [1.165, 1.54) is 12.1 Å². The number of amides is 1. The lowest BCUT2D eigenvalue weighted by atomic mass is 10.1. The molecule has 1 aliphatic heterocycles. The van der Waals surface area contributed by atoms with Crippen molar-refractivity contribution in [3.8, 4) is 0 Å². The third kappa shape index (κ3) is 2.47. The van der Waals surface area contributed by atoms with Gasteiger partial charge in [-0.1, -0.05) is 11.6 Å². The molecule has 0 spiro atoms. The second-order valence-corrected chi connectivity index (χ2v) is 5.50. The third-order valence-electron chi connectivity index (χ3n) is 3.05. The fraction of sp³-hybridized carbons (Fsp3) is 0.417. The molecule has 0 N–H and O–H groups in total. The van der Waals surface area contributed by atoms with E-state index < -0.39 is 5.82 Å². The highest BCUT2D eigenvalue weighted by Crippen LogP contribution is 2.28. The molecule has 1 saturated heterocycles. The molecule has 0 aromatic heterocycles. The second-order valence-electron chi connectivity index (χ2n) is 4.24. The minimum atomic E-state index is -0.567. The van der Waals surface area contributed by atoms with Gasteiger partial charge in [0.15, 0.2) is 0 Å². The van der Waals surface area contributed by atoms with E-state index in [4.69, 9.17) is 11.6 Å². The summed E-state index contributed by atoms with van der Waals surface area (Å²) >= 11 is 8.97. The molecule has 1 aromatic rings. The van der Waals surface area contributed by atoms with Gasteiger partial charge in [-0.25, -0.2) is 4.39 Å². The predicted molar refractivity (Wildman–Crippen MR) is 68.8 cm³/mol. The first kappa shape index (κ1) is 12.8. The smallest absolute Gasteiger partial charge is 0.257 e. The number of carbonyl (C=O) groups excluding carboxylic acids is 1. The van der Waals surface area contributed by atoms with Crippen molar-refractivity contribution in [3.63, 3.8) is 0 Å². The standard InChI is InChI=1S/C12H12BrClFNO/c1-7-3-2-4-16(7)12(17)8-5-9(13)10(14)6-11(8)15/h5-7H,2-4H2,1H3. The molecule has 0 bridgehead atoms. The molecule has 1 unspecified atom stereocenters. The quantitative estimate of drug-likeness (QED) is 0.719. The first-order chi connectivity index (χ1) is 8.00. The van der Waals surface area contributed by atoms with Gasteiger partial charge < -0.3 is 4.90 Å². The van der Waals surface area contributed by atoms with E-state index in [9.17, 15) is 9.18 Å². The van der Waals surface area contributed by atoms with Crippen LogP contribution >= 0.6 is 27.5 Å². The van der Waals surface area contributed by atoms with Crippen molar-refractivity contribution < 1.29 is 9.18 Å². The lowest BCUT2D eigenvalue weighted by molar-refractivity contribution is 0.0742. The molecule has 1 fully saturated rings. The lowest BCUT2D eigenvalue weighted by Gasteiger charge is -2.21. The summed E-state index contributed by atoms with van der Waals surface area (Å²) in [6.45, 7) is 2.67. The van der Waals surface area contributed by atoms with E-state index in [0.29, 0.717) is 11.0 Å². The van der Waals surface area contributed by atoms with Gasteiger partial charge in [0.25, 0.3) is 5.91 Å². The van der Waals surface area contributed by atoms with Crippen LogP contribution in [0, 0.1) is 5.82 Å². The van der Waals surface area contributed by atoms with Crippen LogP contribution in [0.2, 0.25) is 5.02 Å². The number of nitrogens with zero attached hydrogens (tertiary/aromatic N) is 1. The highest BCUT2D eigenvalue weighted by molar-refractivity contribution is 9.10. The van der Waals surface area contributed by atoms with Crippen LogP contribution in [0.1, 0.15) is 30.1 Å². The average Bonchev–Trinajstić information content (AvgIpc) is 2.69. The highest BCUT2D eigenvalue weighted by atomic mass is 79.9. The maximum Gasteiger partial charge on any atom is 0.257 e. The van der Waals surface area contributed by atoms with Crippen LogP contribution in [0.3, 0.4) is 0 Å². The Hall–Kier alpha value is -0.610. The summed E-state index contributed by atoms with van der Waals surface area (Å²) in [7, 11) is 0. The zero-order valence-corrected chi connectivity index (χ0v) is 11.7. The van der Waals surface area contributed by atoms with Crippen LogP contribution in [0.5, 0.6) is 0 Å². The van der Waals surface area contributed by atoms with E-state index in [-0.39, 0.29) is 22.5 Å². The molecule has 1 atom stereocenters. The van der Waals surface area contributed by atoms with Crippen molar-refractivity contribution in [2.45, 2.75) is 25.8 Å². The lowest BCUT2D eigenvalue weighted by Crippen LogP contribution is -2.34. The van der Waals surface area contributed by atoms with Gasteiger partial charge in [-0.3, -0.25) is 4.79 Å².